The SMILES string of the molecule is CCCCCC1CCC(CCCOc2ccc(-c3c(C(=O)O)ccc(OCCCC)c3F)cc2)CC1. The van der Waals surface area contributed by atoms with Gasteiger partial charge in [0.15, 0.2) is 11.6 Å². The second-order valence-corrected chi connectivity index (χ2v) is 10.2. The third kappa shape index (κ3) is 8.25. The lowest BCUT2D eigenvalue weighted by Gasteiger charge is -2.28. The van der Waals surface area contributed by atoms with Crippen molar-refractivity contribution in [3.05, 3.63) is 47.8 Å². The van der Waals surface area contributed by atoms with Crippen molar-refractivity contribution in [1.82, 2.24) is 0 Å². The third-order valence-corrected chi connectivity index (χ3v) is 7.44. The number of carboxylic acid groups (broad SMARTS) is 1. The average molecular weight is 499 g/mol. The lowest BCUT2D eigenvalue weighted by Crippen LogP contribution is -2.15. The summed E-state index contributed by atoms with van der Waals surface area (Å²) in [6.45, 7) is 5.35. The molecule has 0 spiro atoms. The summed E-state index contributed by atoms with van der Waals surface area (Å²) in [7, 11) is 0. The maximum absolute atomic E-state index is 15.2. The molecule has 4 nitrogen and oxygen atoms in total. The van der Waals surface area contributed by atoms with Gasteiger partial charge in [-0.25, -0.2) is 9.18 Å². The number of carbonyl (C=O) groups is 1. The van der Waals surface area contributed by atoms with E-state index in [1.54, 1.807) is 24.3 Å². The highest BCUT2D eigenvalue weighted by atomic mass is 19.1. The van der Waals surface area contributed by atoms with Crippen LogP contribution < -0.4 is 9.47 Å². The molecule has 1 aliphatic carbocycles. The number of carboxylic acids is 1. The minimum atomic E-state index is -1.17. The molecule has 3 rings (SSSR count). The molecule has 0 saturated heterocycles. The second kappa shape index (κ2) is 14.9. The highest BCUT2D eigenvalue weighted by molar-refractivity contribution is 5.96. The van der Waals surface area contributed by atoms with E-state index >= 15 is 4.39 Å². The monoisotopic (exact) mass is 498 g/mol. The van der Waals surface area contributed by atoms with Crippen LogP contribution in [0.3, 0.4) is 0 Å². The summed E-state index contributed by atoms with van der Waals surface area (Å²) in [5.41, 5.74) is 0.464. The minimum absolute atomic E-state index is 0.0494. The van der Waals surface area contributed by atoms with Crippen LogP contribution in [0, 0.1) is 17.7 Å². The van der Waals surface area contributed by atoms with Crippen molar-refractivity contribution < 1.29 is 23.8 Å². The number of hydrogen-bond donors (Lipinski definition) is 1. The summed E-state index contributed by atoms with van der Waals surface area (Å²) in [5, 5.41) is 9.59. The Morgan fingerprint density at radius 2 is 1.44 bits per heavy atom. The van der Waals surface area contributed by atoms with Gasteiger partial charge in [0.05, 0.1) is 18.8 Å². The molecule has 1 saturated carbocycles. The molecule has 0 heterocycles. The van der Waals surface area contributed by atoms with E-state index in [2.05, 4.69) is 6.92 Å². The number of benzene rings is 2. The van der Waals surface area contributed by atoms with Crippen molar-refractivity contribution in [2.24, 2.45) is 11.8 Å². The molecule has 0 atom stereocenters. The molecule has 0 bridgehead atoms. The van der Waals surface area contributed by atoms with Crippen molar-refractivity contribution in [1.29, 1.82) is 0 Å². The van der Waals surface area contributed by atoms with Crippen LogP contribution in [0.15, 0.2) is 36.4 Å². The molecule has 5 heteroatoms. The van der Waals surface area contributed by atoms with E-state index in [1.807, 2.05) is 6.92 Å². The molecule has 0 aliphatic heterocycles. The summed E-state index contributed by atoms with van der Waals surface area (Å²) in [5.74, 6) is 0.754. The molecule has 1 aliphatic rings. The molecular weight excluding hydrogens is 455 g/mol. The molecule has 198 valence electrons. The first-order valence-electron chi connectivity index (χ1n) is 13.9. The molecule has 2 aromatic rings. The van der Waals surface area contributed by atoms with Gasteiger partial charge in [-0.05, 0) is 60.9 Å². The molecule has 0 radical (unpaired) electrons. The number of rotatable bonds is 15. The molecule has 0 aromatic heterocycles. The fraction of sp³-hybridized carbons (Fsp3) is 0.581. The Labute approximate surface area is 216 Å². The second-order valence-electron chi connectivity index (χ2n) is 10.2. The van der Waals surface area contributed by atoms with Crippen LogP contribution in [0.5, 0.6) is 11.5 Å². The summed E-state index contributed by atoms with van der Waals surface area (Å²) in [6, 6.07) is 9.81. The van der Waals surface area contributed by atoms with Gasteiger partial charge < -0.3 is 14.6 Å². The lowest BCUT2D eigenvalue weighted by atomic mass is 9.78. The van der Waals surface area contributed by atoms with E-state index in [1.165, 1.54) is 69.9 Å². The van der Waals surface area contributed by atoms with Crippen LogP contribution >= 0.6 is 0 Å². The average Bonchev–Trinajstić information content (AvgIpc) is 2.89. The zero-order valence-corrected chi connectivity index (χ0v) is 22.1. The number of ether oxygens (including phenoxy) is 2. The van der Waals surface area contributed by atoms with Crippen LogP contribution in [0.1, 0.15) is 101 Å². The van der Waals surface area contributed by atoms with Crippen molar-refractivity contribution >= 4 is 5.97 Å². The van der Waals surface area contributed by atoms with Crippen LogP contribution in [-0.2, 0) is 0 Å². The van der Waals surface area contributed by atoms with Crippen LogP contribution in [0.4, 0.5) is 4.39 Å². The van der Waals surface area contributed by atoms with E-state index in [0.717, 1.165) is 31.1 Å². The third-order valence-electron chi connectivity index (χ3n) is 7.44. The topological polar surface area (TPSA) is 55.8 Å². The molecule has 1 N–H and O–H groups in total. The van der Waals surface area contributed by atoms with Crippen LogP contribution in [-0.4, -0.2) is 24.3 Å². The fourth-order valence-electron chi connectivity index (χ4n) is 5.23. The van der Waals surface area contributed by atoms with Gasteiger partial charge in [-0.2, -0.15) is 0 Å². The first kappa shape index (κ1) is 28.0. The van der Waals surface area contributed by atoms with Crippen LogP contribution in [0.25, 0.3) is 11.1 Å². The maximum atomic E-state index is 15.2. The summed E-state index contributed by atoms with van der Waals surface area (Å²) < 4.78 is 26.7. The van der Waals surface area contributed by atoms with Gasteiger partial charge in [-0.3, -0.25) is 0 Å². The van der Waals surface area contributed by atoms with Gasteiger partial charge >= 0.3 is 5.97 Å². The van der Waals surface area contributed by atoms with Gasteiger partial charge in [-0.15, -0.1) is 0 Å². The molecule has 1 fully saturated rings. The Hall–Kier alpha value is -2.56. The first-order valence-corrected chi connectivity index (χ1v) is 13.9. The smallest absolute Gasteiger partial charge is 0.336 e. The molecule has 2 aromatic carbocycles. The molecule has 0 unspecified atom stereocenters. The lowest BCUT2D eigenvalue weighted by molar-refractivity contribution is 0.0697. The van der Waals surface area contributed by atoms with Crippen molar-refractivity contribution in [2.45, 2.75) is 90.9 Å². The van der Waals surface area contributed by atoms with E-state index in [-0.39, 0.29) is 16.9 Å². The number of aromatic carboxylic acids is 1. The zero-order chi connectivity index (χ0) is 25.8. The number of halogens is 1. The largest absolute Gasteiger partial charge is 0.494 e. The number of unbranched alkanes of at least 4 members (excludes halogenated alkanes) is 3. The Kier molecular flexibility index (Phi) is 11.6. The normalized spacial score (nSPS) is 17.6. The summed E-state index contributed by atoms with van der Waals surface area (Å²) >= 11 is 0. The standard InChI is InChI=1S/C31H43FO4/c1-3-5-7-9-23-11-13-24(14-12-23)10-8-22-35-26-17-15-25(16-18-26)29-27(31(33)34)19-20-28(30(29)32)36-21-6-4-2/h15-20,23-24H,3-14,21-22H2,1-2H3,(H,33,34). The predicted octanol–water partition coefficient (Wildman–Crippen LogP) is 8.92. The minimum Gasteiger partial charge on any atom is -0.494 e. The van der Waals surface area contributed by atoms with Gasteiger partial charge in [0.1, 0.15) is 5.75 Å². The van der Waals surface area contributed by atoms with Crippen LogP contribution in [0.2, 0.25) is 0 Å². The highest BCUT2D eigenvalue weighted by Gasteiger charge is 2.22. The Bertz CT molecular complexity index is 932. The van der Waals surface area contributed by atoms with Gasteiger partial charge in [-0.1, -0.05) is 83.8 Å². The van der Waals surface area contributed by atoms with Gasteiger partial charge in [0.25, 0.3) is 0 Å². The Morgan fingerprint density at radius 1 is 0.833 bits per heavy atom. The van der Waals surface area contributed by atoms with E-state index < -0.39 is 11.8 Å². The highest BCUT2D eigenvalue weighted by Crippen LogP contribution is 2.35. The van der Waals surface area contributed by atoms with Crippen molar-refractivity contribution in [3.8, 4) is 22.6 Å². The molecule has 36 heavy (non-hydrogen) atoms. The summed E-state index contributed by atoms with van der Waals surface area (Å²) in [4.78, 5) is 11.7. The first-order chi connectivity index (χ1) is 17.5. The Morgan fingerprint density at radius 3 is 2.06 bits per heavy atom. The summed E-state index contributed by atoms with van der Waals surface area (Å²) in [6.07, 6.45) is 14.9. The van der Waals surface area contributed by atoms with Crippen molar-refractivity contribution in [3.63, 3.8) is 0 Å². The van der Waals surface area contributed by atoms with Crippen molar-refractivity contribution in [2.75, 3.05) is 13.2 Å². The predicted molar refractivity (Wildman–Crippen MR) is 144 cm³/mol. The van der Waals surface area contributed by atoms with E-state index in [4.69, 9.17) is 9.47 Å². The fourth-order valence-corrected chi connectivity index (χ4v) is 5.23. The Balaban J connectivity index is 1.50. The number of hydrogen-bond acceptors (Lipinski definition) is 3. The molecular formula is C31H43FO4. The maximum Gasteiger partial charge on any atom is 0.336 e. The van der Waals surface area contributed by atoms with Gasteiger partial charge in [0.2, 0.25) is 0 Å². The zero-order valence-electron chi connectivity index (χ0n) is 22.1. The van der Waals surface area contributed by atoms with E-state index in [9.17, 15) is 9.90 Å². The van der Waals surface area contributed by atoms with Gasteiger partial charge in [0, 0.05) is 5.56 Å². The molecule has 0 amide bonds. The van der Waals surface area contributed by atoms with E-state index in [0.29, 0.717) is 24.5 Å². The quantitative estimate of drug-likeness (QED) is 0.249.